The third-order valence-electron chi connectivity index (χ3n) is 4.50. The van der Waals surface area contributed by atoms with Crippen LogP contribution in [0.1, 0.15) is 24.1 Å². The predicted molar refractivity (Wildman–Crippen MR) is 103 cm³/mol. The van der Waals surface area contributed by atoms with Crippen molar-refractivity contribution in [3.8, 4) is 0 Å². The first kappa shape index (κ1) is 19.6. The molecule has 2 aromatic rings. The summed E-state index contributed by atoms with van der Waals surface area (Å²) < 4.78 is 37.8. The molecule has 0 bridgehead atoms. The molecule has 1 aliphatic heterocycles. The smallest absolute Gasteiger partial charge is 0.360 e. The average Bonchev–Trinajstić information content (AvgIpc) is 2.64. The van der Waals surface area contributed by atoms with Gasteiger partial charge in [0.05, 0.1) is 11.3 Å². The van der Waals surface area contributed by atoms with Crippen molar-refractivity contribution in [3.05, 3.63) is 59.9 Å². The van der Waals surface area contributed by atoms with Crippen LogP contribution in [-0.2, 0) is 12.7 Å². The van der Waals surface area contributed by atoms with Gasteiger partial charge in [-0.2, -0.15) is 13.2 Å². The van der Waals surface area contributed by atoms with Crippen molar-refractivity contribution in [1.82, 2.24) is 15.2 Å². The topological polar surface area (TPSA) is 40.2 Å². The Morgan fingerprint density at radius 2 is 1.81 bits per heavy atom. The second-order valence-corrected chi connectivity index (χ2v) is 6.95. The number of nitrogens with zero attached hydrogens (tertiary/aromatic N) is 2. The maximum Gasteiger partial charge on any atom is 0.416 e. The zero-order chi connectivity index (χ0) is 19.3. The van der Waals surface area contributed by atoms with E-state index in [-0.39, 0.29) is 6.04 Å². The standard InChI is InChI=1S/C19H21F3N4S/c20-19(21,22)14-4-6-15(7-5-14)24-18(27)25-16-8-11-26(12-9-16)13-17-3-1-2-10-23-17/h1-7,10,16H,8-9,11-13H2,(H2,24,25,27). The Morgan fingerprint density at radius 1 is 1.11 bits per heavy atom. The van der Waals surface area contributed by atoms with Crippen LogP contribution in [0.25, 0.3) is 0 Å². The Morgan fingerprint density at radius 3 is 2.41 bits per heavy atom. The van der Waals surface area contributed by atoms with Crippen LogP contribution < -0.4 is 10.6 Å². The second kappa shape index (κ2) is 8.67. The third-order valence-corrected chi connectivity index (χ3v) is 4.72. The monoisotopic (exact) mass is 394 g/mol. The molecule has 1 saturated heterocycles. The molecule has 0 aliphatic carbocycles. The van der Waals surface area contributed by atoms with Crippen LogP contribution in [0.2, 0.25) is 0 Å². The minimum Gasteiger partial charge on any atom is -0.360 e. The Kier molecular flexibility index (Phi) is 6.28. The number of likely N-dealkylation sites (tertiary alicyclic amines) is 1. The number of pyridine rings is 1. The lowest BCUT2D eigenvalue weighted by Crippen LogP contribution is -2.45. The van der Waals surface area contributed by atoms with Crippen molar-refractivity contribution in [3.63, 3.8) is 0 Å². The predicted octanol–water partition coefficient (Wildman–Crippen LogP) is 4.05. The van der Waals surface area contributed by atoms with Gasteiger partial charge in [0.1, 0.15) is 0 Å². The first-order valence-electron chi connectivity index (χ1n) is 8.77. The Bertz CT molecular complexity index is 742. The van der Waals surface area contributed by atoms with Crippen LogP contribution in [-0.4, -0.2) is 34.1 Å². The van der Waals surface area contributed by atoms with Crippen LogP contribution in [0, 0.1) is 0 Å². The van der Waals surface area contributed by atoms with E-state index in [2.05, 4.69) is 20.5 Å². The zero-order valence-corrected chi connectivity index (χ0v) is 15.5. The molecule has 1 fully saturated rings. The average molecular weight is 394 g/mol. The summed E-state index contributed by atoms with van der Waals surface area (Å²) in [6.07, 6.45) is -0.640. The Labute approximate surface area is 161 Å². The van der Waals surface area contributed by atoms with E-state index < -0.39 is 11.7 Å². The van der Waals surface area contributed by atoms with Crippen molar-refractivity contribution in [2.45, 2.75) is 31.6 Å². The number of anilines is 1. The fraction of sp³-hybridized carbons (Fsp3) is 0.368. The molecule has 3 rings (SSSR count). The number of hydrogen-bond acceptors (Lipinski definition) is 3. The number of piperidine rings is 1. The first-order chi connectivity index (χ1) is 12.9. The lowest BCUT2D eigenvalue weighted by atomic mass is 10.1. The van der Waals surface area contributed by atoms with Crippen LogP contribution in [0.5, 0.6) is 0 Å². The van der Waals surface area contributed by atoms with Gasteiger partial charge >= 0.3 is 6.18 Å². The van der Waals surface area contributed by atoms with Gasteiger partial charge in [0.25, 0.3) is 0 Å². The minimum atomic E-state index is -4.33. The highest BCUT2D eigenvalue weighted by Crippen LogP contribution is 2.29. The summed E-state index contributed by atoms with van der Waals surface area (Å²) in [6.45, 7) is 2.72. The molecule has 4 nitrogen and oxygen atoms in total. The number of thiocarbonyl (C=S) groups is 1. The van der Waals surface area contributed by atoms with E-state index in [9.17, 15) is 13.2 Å². The number of benzene rings is 1. The number of aromatic nitrogens is 1. The van der Waals surface area contributed by atoms with E-state index in [1.165, 1.54) is 12.1 Å². The molecule has 2 heterocycles. The maximum absolute atomic E-state index is 12.6. The van der Waals surface area contributed by atoms with Crippen LogP contribution in [0.15, 0.2) is 48.7 Å². The van der Waals surface area contributed by atoms with Gasteiger partial charge in [-0.15, -0.1) is 0 Å². The molecule has 0 saturated carbocycles. The van der Waals surface area contributed by atoms with E-state index in [0.29, 0.717) is 10.8 Å². The molecule has 1 aliphatic rings. The first-order valence-corrected chi connectivity index (χ1v) is 9.18. The molecule has 144 valence electrons. The molecule has 1 aromatic heterocycles. The summed E-state index contributed by atoms with van der Waals surface area (Å²) >= 11 is 5.29. The zero-order valence-electron chi connectivity index (χ0n) is 14.7. The van der Waals surface area contributed by atoms with Gasteiger partial charge in [-0.1, -0.05) is 6.07 Å². The molecule has 2 N–H and O–H groups in total. The van der Waals surface area contributed by atoms with Gasteiger partial charge in [0, 0.05) is 37.6 Å². The van der Waals surface area contributed by atoms with Crippen LogP contribution in [0.3, 0.4) is 0 Å². The van der Waals surface area contributed by atoms with Crippen molar-refractivity contribution in [2.24, 2.45) is 0 Å². The van der Waals surface area contributed by atoms with Gasteiger partial charge in [-0.25, -0.2) is 0 Å². The molecule has 0 amide bonds. The highest BCUT2D eigenvalue weighted by atomic mass is 32.1. The van der Waals surface area contributed by atoms with Gasteiger partial charge in [-0.3, -0.25) is 9.88 Å². The van der Waals surface area contributed by atoms with E-state index in [4.69, 9.17) is 12.2 Å². The van der Waals surface area contributed by atoms with Crippen molar-refractivity contribution in [1.29, 1.82) is 0 Å². The highest BCUT2D eigenvalue weighted by molar-refractivity contribution is 7.80. The summed E-state index contributed by atoms with van der Waals surface area (Å²) in [5.74, 6) is 0. The fourth-order valence-corrected chi connectivity index (χ4v) is 3.34. The lowest BCUT2D eigenvalue weighted by Gasteiger charge is -2.32. The summed E-state index contributed by atoms with van der Waals surface area (Å²) in [7, 11) is 0. The van der Waals surface area contributed by atoms with E-state index >= 15 is 0 Å². The molecular formula is C19H21F3N4S. The summed E-state index contributed by atoms with van der Waals surface area (Å²) in [5, 5.41) is 6.63. The summed E-state index contributed by atoms with van der Waals surface area (Å²) in [5.41, 5.74) is 0.920. The number of hydrogen-bond donors (Lipinski definition) is 2. The van der Waals surface area contributed by atoms with Crippen LogP contribution in [0.4, 0.5) is 18.9 Å². The Hall–Kier alpha value is -2.19. The molecule has 27 heavy (non-hydrogen) atoms. The van der Waals surface area contributed by atoms with Gasteiger partial charge in [0.15, 0.2) is 5.11 Å². The molecule has 0 unspecified atom stereocenters. The number of alkyl halides is 3. The van der Waals surface area contributed by atoms with Gasteiger partial charge < -0.3 is 10.6 Å². The number of halogens is 3. The lowest BCUT2D eigenvalue weighted by molar-refractivity contribution is -0.137. The fourth-order valence-electron chi connectivity index (χ4n) is 3.05. The maximum atomic E-state index is 12.6. The largest absolute Gasteiger partial charge is 0.416 e. The Balaban J connectivity index is 1.43. The summed E-state index contributed by atoms with van der Waals surface area (Å²) in [6, 6.07) is 11.0. The molecule has 0 spiro atoms. The van der Waals surface area contributed by atoms with E-state index in [1.807, 2.05) is 18.2 Å². The van der Waals surface area contributed by atoms with E-state index in [0.717, 1.165) is 50.3 Å². The summed E-state index contributed by atoms with van der Waals surface area (Å²) in [4.78, 5) is 6.70. The third kappa shape index (κ3) is 5.90. The second-order valence-electron chi connectivity index (χ2n) is 6.55. The quantitative estimate of drug-likeness (QED) is 0.766. The van der Waals surface area contributed by atoms with E-state index in [1.54, 1.807) is 6.20 Å². The number of nitrogens with one attached hydrogen (secondary N) is 2. The molecule has 0 atom stereocenters. The molecular weight excluding hydrogens is 373 g/mol. The molecule has 1 aromatic carbocycles. The van der Waals surface area contributed by atoms with Crippen molar-refractivity contribution >= 4 is 23.0 Å². The van der Waals surface area contributed by atoms with Gasteiger partial charge in [-0.05, 0) is 61.5 Å². The van der Waals surface area contributed by atoms with Crippen LogP contribution >= 0.6 is 12.2 Å². The van der Waals surface area contributed by atoms with Crippen molar-refractivity contribution < 1.29 is 13.2 Å². The van der Waals surface area contributed by atoms with Gasteiger partial charge in [0.2, 0.25) is 0 Å². The van der Waals surface area contributed by atoms with Crippen molar-refractivity contribution in [2.75, 3.05) is 18.4 Å². The molecule has 8 heteroatoms. The molecule has 0 radical (unpaired) electrons. The normalized spacial score (nSPS) is 16.1. The minimum absolute atomic E-state index is 0.249. The highest BCUT2D eigenvalue weighted by Gasteiger charge is 2.30. The number of rotatable bonds is 4. The SMILES string of the molecule is FC(F)(F)c1ccc(NC(=S)NC2CCN(Cc3ccccn3)CC2)cc1.